The highest BCUT2D eigenvalue weighted by Gasteiger charge is 2.57. The van der Waals surface area contributed by atoms with Crippen LogP contribution in [0.1, 0.15) is 156 Å². The van der Waals surface area contributed by atoms with Crippen LogP contribution >= 0.6 is 0 Å². The van der Waals surface area contributed by atoms with Gasteiger partial charge in [0.05, 0.1) is 71.5 Å². The second-order valence-electron chi connectivity index (χ2n) is 31.8. The maximum absolute atomic E-state index is 14.8. The van der Waals surface area contributed by atoms with Gasteiger partial charge in [-0.2, -0.15) is 0 Å². The molecule has 0 radical (unpaired) electrons. The molecule has 42 nitrogen and oxygen atoms in total. The Labute approximate surface area is 812 Å². The van der Waals surface area contributed by atoms with E-state index in [0.29, 0.717) is 31.4 Å². The Kier molecular flexibility index (Phi) is 49.4. The number of terminal acetylenes is 2. The number of carbonyl (C=O) groups excluding carboxylic acids is 10. The number of carboxylic acid groups (broad SMARTS) is 1. The van der Waals surface area contributed by atoms with E-state index in [2.05, 4.69) is 61.9 Å². The summed E-state index contributed by atoms with van der Waals surface area (Å²) in [6.45, 7) is 17.7. The van der Waals surface area contributed by atoms with Gasteiger partial charge in [-0.15, -0.1) is 24.7 Å². The Hall–Kier alpha value is -11.0. The van der Waals surface area contributed by atoms with Crippen molar-refractivity contribution < 1.29 is 155 Å². The lowest BCUT2D eigenvalue weighted by Crippen LogP contribution is -2.64. The number of non-ortho nitro benzene ring substituents is 1. The minimum Gasteiger partial charge on any atom is -0.479 e. The van der Waals surface area contributed by atoms with E-state index in [1.165, 1.54) is 56.1 Å². The number of benzene rings is 4. The summed E-state index contributed by atoms with van der Waals surface area (Å²) < 4.78 is 70.5. The zero-order valence-corrected chi connectivity index (χ0v) is 82.6. The zero-order chi connectivity index (χ0) is 103. The number of rotatable bonds is 40. The number of nitro groups is 3. The summed E-state index contributed by atoms with van der Waals surface area (Å²) in [7, 11) is 10.1. The third-order valence-corrected chi connectivity index (χ3v) is 24.2. The van der Waals surface area contributed by atoms with E-state index in [1.807, 2.05) is 51.1 Å². The third kappa shape index (κ3) is 33.4. The molecule has 7 rings (SSSR count). The number of aliphatic hydroxyl groups excluding tert-OH is 4. The lowest BCUT2D eigenvalue weighted by molar-refractivity contribution is -0.387. The summed E-state index contributed by atoms with van der Waals surface area (Å²) >= 11 is 16.9. The molecule has 0 unspecified atom stereocenters. The predicted molar refractivity (Wildman–Crippen MR) is 499 cm³/mol. The Balaban J connectivity index is 0.000000585. The van der Waals surface area contributed by atoms with E-state index < -0.39 is 225 Å². The molecule has 3 heterocycles. The molecule has 22 atom stereocenters. The third-order valence-electron chi connectivity index (χ3n) is 22.0. The fraction of sp³-hybridized carbons (Fsp3) is 0.552. The molecule has 3 aliphatic rings. The van der Waals surface area contributed by atoms with Gasteiger partial charge in [0, 0.05) is 175 Å². The number of amides is 4. The number of carboxylic acids is 1. The van der Waals surface area contributed by atoms with Gasteiger partial charge in [-0.25, -0.2) is 19.2 Å². The number of aliphatic hydroxyl groups is 4. The summed E-state index contributed by atoms with van der Waals surface area (Å²) in [6, 6.07) is 16.6. The van der Waals surface area contributed by atoms with Crippen LogP contribution in [0.4, 0.5) is 26.7 Å². The molecular weight excluding hydrogens is 1930 g/mol. The Morgan fingerprint density at radius 1 is 0.632 bits per heavy atom. The van der Waals surface area contributed by atoms with Gasteiger partial charge < -0.3 is 102 Å². The standard InChI is InChI=1S/C57H83N5O18.C30H28N2O17.S4.S3/c1-14-20-40(36-24-25-41(38(28-36)62(74)75)78-56-50(68)48(66)49(67)52(80-56)55(71)72)79-57(73)60(11)45(31(5)6)53(69)58-44(30(3)4)54(70)59(10)46(32(7)15-2)42(76-12)29-43(64)61-26-19-23-37(61)51(77-13)34(9)39(63)27-33(8)47(65)35-21-17-16-18-22-35;1-6-7-22(48-30(37)46-20-11-9-19(10-12-20)31(38)39)18-8-13-23(21(14-18)32(40)41)47-29-27(45-17(4)35)25(44-16(3)34)24(43-15(2)33)26(49-29)28(36)42-5;1-3-4-2;1-3-2/h1,16-18,21-22,24-25,28,30-34,37,40,42,44-52,56,65-68H,15,19-20,23,26-27,29H2,2-13H3,(H,58,69)(H,71,72);1,8-14,22,24-27,29H,7H2,2-5H3;;/t32-,33-,34-,37-,40-,42+,44-,45-,46-,47+,48-,49-,50+,51+,52-,56+;22-,24-,25-,26-,27+,29+;;/m00../s1. The molecule has 136 heavy (non-hydrogen) atoms. The summed E-state index contributed by atoms with van der Waals surface area (Å²) in [6.07, 6.45) is -14.0. The van der Waals surface area contributed by atoms with Crippen molar-refractivity contribution in [1.29, 1.82) is 0 Å². The number of hydrogen-bond donors (Lipinski definition) is 6. The smallest absolute Gasteiger partial charge is 0.479 e. The quantitative estimate of drug-likeness (QED) is 0.00637. The highest BCUT2D eigenvalue weighted by molar-refractivity contribution is 8.51. The summed E-state index contributed by atoms with van der Waals surface area (Å²) in [5.74, 6) is -6.00. The van der Waals surface area contributed by atoms with Gasteiger partial charge in [0.2, 0.25) is 36.4 Å². The molecule has 3 aliphatic heterocycles. The van der Waals surface area contributed by atoms with Crippen LogP contribution in [0.15, 0.2) is 91.0 Å². The van der Waals surface area contributed by atoms with Crippen LogP contribution in [-0.2, 0) is 162 Å². The average molecular weight is 2040 g/mol. The van der Waals surface area contributed by atoms with Crippen molar-refractivity contribution in [3.63, 3.8) is 0 Å². The van der Waals surface area contributed by atoms with Crippen molar-refractivity contribution in [2.45, 2.75) is 237 Å². The van der Waals surface area contributed by atoms with Gasteiger partial charge in [0.15, 0.2) is 35.9 Å². The van der Waals surface area contributed by atoms with Crippen molar-refractivity contribution >= 4 is 154 Å². The van der Waals surface area contributed by atoms with Crippen LogP contribution < -0.4 is 19.5 Å². The van der Waals surface area contributed by atoms with E-state index in [1.54, 1.807) is 46.6 Å². The minimum absolute atomic E-state index is 0.00102. The van der Waals surface area contributed by atoms with Gasteiger partial charge in [-0.3, -0.25) is 68.8 Å². The fourth-order valence-electron chi connectivity index (χ4n) is 15.2. The number of hydrogen-bond acceptors (Lipinski definition) is 38. The van der Waals surface area contributed by atoms with Crippen molar-refractivity contribution in [3.8, 4) is 41.9 Å². The van der Waals surface area contributed by atoms with Crippen LogP contribution in [-0.4, -0.2) is 260 Å². The van der Waals surface area contributed by atoms with Crippen molar-refractivity contribution in [2.75, 3.05) is 42.0 Å². The molecule has 3 saturated heterocycles. The molecule has 0 aromatic heterocycles. The molecule has 49 heteroatoms. The second kappa shape index (κ2) is 57.3. The number of ketones is 1. The summed E-state index contributed by atoms with van der Waals surface area (Å²) in [4.78, 5) is 181. The highest BCUT2D eigenvalue weighted by Crippen LogP contribution is 2.41. The first-order chi connectivity index (χ1) is 64.1. The SMILES string of the molecule is C#CC[C@H](OC(=O)N(C)[C@H](C(=O)N[C@H](C(=O)N(C)[C@@H]([C@@H](C)CC)[C@@H](CC(=O)N1CCC[C@H]1[C@H](OC)[C@@H](C)C(=O)C[C@H](C)[C@@H](O)c1ccccc1)OC)C(C)C)C(C)C)c1ccc(O[C@@H]2O[C@H](C(=O)O)[C@@H](O)[C@H](O)[C@H]2O)c([N+](=O)[O-])c1.C#CC[C@H](OC(=O)Oc1ccc([N+](=O)[O-])cc1)c1ccc(O[C@@H]2O[C@H](C(=O)OC)[C@@H](OC(C)=O)[C@H](OC(C)=O)[C@H]2OC(C)=O)c([N+](=O)[O-])c1.S=S=S.S=S=S=S. The van der Waals surface area contributed by atoms with Crippen LogP contribution in [0.5, 0.6) is 17.2 Å². The average Bonchev–Trinajstić information content (AvgIpc) is 0.924. The molecule has 3 fully saturated rings. The Bertz CT molecular complexity index is 5030. The number of Topliss-reactive ketones (excluding diaryl/α,β-unsaturated/α-hetero) is 1. The zero-order valence-electron chi connectivity index (χ0n) is 76.9. The van der Waals surface area contributed by atoms with Crippen molar-refractivity contribution in [1.82, 2.24) is 20.0 Å². The number of nitrogens with zero attached hydrogens (tertiary/aromatic N) is 6. The number of esters is 4. The second-order valence-corrected chi connectivity index (χ2v) is 37.1. The number of carbonyl (C=O) groups is 11. The van der Waals surface area contributed by atoms with Crippen LogP contribution in [0.3, 0.4) is 0 Å². The molecule has 6 N–H and O–H groups in total. The monoisotopic (exact) mass is 2040 g/mol. The van der Waals surface area contributed by atoms with E-state index in [9.17, 15) is 109 Å². The molecule has 0 bridgehead atoms. The number of methoxy groups -OCH3 is 3. The number of aliphatic carboxylic acids is 1. The first kappa shape index (κ1) is 117. The lowest BCUT2D eigenvalue weighted by atomic mass is 9.85. The van der Waals surface area contributed by atoms with Crippen LogP contribution in [0.25, 0.3) is 0 Å². The van der Waals surface area contributed by atoms with Crippen LogP contribution in [0.2, 0.25) is 0 Å². The maximum Gasteiger partial charge on any atom is 0.514 e. The number of ether oxygens (including phenoxy) is 13. The topological polar surface area (TPSA) is 560 Å². The first-order valence-electron chi connectivity index (χ1n) is 41.8. The first-order valence-corrected chi connectivity index (χ1v) is 48.5. The van der Waals surface area contributed by atoms with E-state index in [4.69, 9.17) is 74.4 Å². The lowest BCUT2D eigenvalue weighted by Gasteiger charge is -2.42. The molecule has 0 aliphatic carbocycles. The highest BCUT2D eigenvalue weighted by atomic mass is 33.2. The molecule has 4 aromatic carbocycles. The number of likely N-dealkylation sites (tertiary alicyclic amines) is 1. The molecule has 746 valence electrons. The van der Waals surface area contributed by atoms with Crippen molar-refractivity contribution in [2.24, 2.45) is 29.6 Å². The van der Waals surface area contributed by atoms with Crippen LogP contribution in [0, 0.1) is 84.6 Å². The largest absolute Gasteiger partial charge is 0.514 e. The van der Waals surface area contributed by atoms with Gasteiger partial charge in [0.25, 0.3) is 5.69 Å². The number of nitrogens with one attached hydrogen (secondary N) is 1. The van der Waals surface area contributed by atoms with Crippen molar-refractivity contribution in [3.05, 3.63) is 138 Å². The van der Waals surface area contributed by atoms with E-state index in [0.717, 1.165) is 90.2 Å². The summed E-state index contributed by atoms with van der Waals surface area (Å²) in [5.41, 5.74) is -1.05. The van der Waals surface area contributed by atoms with Gasteiger partial charge in [-0.1, -0.05) is 104 Å². The summed E-state index contributed by atoms with van der Waals surface area (Å²) in [5, 5.41) is 89.3. The number of likely N-dealkylation sites (N-methyl/N-ethyl adjacent to an activating group) is 2. The van der Waals surface area contributed by atoms with Gasteiger partial charge >= 0.3 is 53.5 Å². The molecule has 4 amide bonds. The Morgan fingerprint density at radius 3 is 1.61 bits per heavy atom. The Morgan fingerprint density at radius 2 is 1.15 bits per heavy atom. The van der Waals surface area contributed by atoms with E-state index in [-0.39, 0.29) is 71.8 Å². The molecule has 0 saturated carbocycles. The van der Waals surface area contributed by atoms with Gasteiger partial charge in [-0.05, 0) is 66.3 Å². The number of nitro benzene ring substituents is 3. The molecule has 4 aromatic rings. The molecular formula is C87H111N7O35S7. The minimum atomic E-state index is -2.05. The normalized spacial score (nSPS) is 21.1. The fourth-order valence-corrected chi connectivity index (χ4v) is 15.2. The van der Waals surface area contributed by atoms with E-state index >= 15 is 0 Å². The predicted octanol–water partition coefficient (Wildman–Crippen LogP) is 7.25. The molecule has 0 spiro atoms. The maximum atomic E-state index is 14.8. The van der Waals surface area contributed by atoms with Gasteiger partial charge in [0.1, 0.15) is 54.1 Å².